The molecule has 0 fully saturated rings. The van der Waals surface area contributed by atoms with Crippen LogP contribution in [-0.4, -0.2) is 33.9 Å². The highest BCUT2D eigenvalue weighted by molar-refractivity contribution is 7.17. The lowest BCUT2D eigenvalue weighted by molar-refractivity contribution is -0.120. The number of fused-ring (bicyclic) bond motifs is 2. The summed E-state index contributed by atoms with van der Waals surface area (Å²) in [5.41, 5.74) is 3.01. The monoisotopic (exact) mass is 380 g/mol. The molecule has 1 amide bonds. The van der Waals surface area contributed by atoms with Gasteiger partial charge in [0.05, 0.1) is 17.1 Å². The van der Waals surface area contributed by atoms with Crippen molar-refractivity contribution in [3.63, 3.8) is 0 Å². The predicted octanol–water partition coefficient (Wildman–Crippen LogP) is 3.53. The quantitative estimate of drug-likeness (QED) is 0.495. The van der Waals surface area contributed by atoms with Crippen molar-refractivity contribution in [2.45, 2.75) is 19.5 Å². The number of hydrogen-bond acceptors (Lipinski definition) is 4. The summed E-state index contributed by atoms with van der Waals surface area (Å²) in [6.07, 6.45) is 0. The Labute approximate surface area is 159 Å². The maximum Gasteiger partial charge on any atom is 0.323 e. The van der Waals surface area contributed by atoms with Crippen molar-refractivity contribution in [1.29, 1.82) is 0 Å². The fourth-order valence-corrected chi connectivity index (χ4v) is 4.07. The largest absolute Gasteiger partial charge is 0.325 e. The number of imidazole rings is 1. The van der Waals surface area contributed by atoms with Gasteiger partial charge in [0.25, 0.3) is 0 Å². The van der Waals surface area contributed by atoms with Crippen molar-refractivity contribution in [2.75, 3.05) is 12.4 Å². The standard InChI is InChI=1S/C20H20N4O2S/c1-12(24(2)10-13-11-27-18-6-4-3-5-15(13)18)19(25)21-14-7-8-16-17(9-14)23-20(26)22-16/h3-9,11-12H,10H2,1-2H3,(H,21,25)(H2,22,23,26). The molecule has 0 aliphatic carbocycles. The summed E-state index contributed by atoms with van der Waals surface area (Å²) in [5, 5.41) is 6.32. The van der Waals surface area contributed by atoms with Crippen molar-refractivity contribution in [2.24, 2.45) is 0 Å². The molecule has 1 unspecified atom stereocenters. The van der Waals surface area contributed by atoms with Crippen LogP contribution in [0.15, 0.2) is 52.6 Å². The molecule has 2 aromatic heterocycles. The van der Waals surface area contributed by atoms with Gasteiger partial charge in [-0.15, -0.1) is 11.3 Å². The van der Waals surface area contributed by atoms with E-state index < -0.39 is 0 Å². The first kappa shape index (κ1) is 17.5. The van der Waals surface area contributed by atoms with Crippen LogP contribution in [0.25, 0.3) is 21.1 Å². The van der Waals surface area contributed by atoms with Gasteiger partial charge in [-0.25, -0.2) is 4.79 Å². The van der Waals surface area contributed by atoms with E-state index >= 15 is 0 Å². The average molecular weight is 380 g/mol. The highest BCUT2D eigenvalue weighted by atomic mass is 32.1. The topological polar surface area (TPSA) is 81.0 Å². The molecule has 0 aliphatic rings. The molecule has 27 heavy (non-hydrogen) atoms. The number of amides is 1. The van der Waals surface area contributed by atoms with Crippen LogP contribution in [0.4, 0.5) is 5.69 Å². The number of thiophene rings is 1. The van der Waals surface area contributed by atoms with Gasteiger partial charge in [0, 0.05) is 16.9 Å². The molecule has 4 rings (SSSR count). The van der Waals surface area contributed by atoms with Gasteiger partial charge in [-0.2, -0.15) is 0 Å². The molecule has 0 spiro atoms. The molecule has 4 aromatic rings. The van der Waals surface area contributed by atoms with E-state index in [4.69, 9.17) is 0 Å². The Balaban J connectivity index is 1.46. The summed E-state index contributed by atoms with van der Waals surface area (Å²) in [6.45, 7) is 2.59. The van der Waals surface area contributed by atoms with Crippen LogP contribution in [0.1, 0.15) is 12.5 Å². The number of hydrogen-bond donors (Lipinski definition) is 3. The van der Waals surface area contributed by atoms with Crippen molar-refractivity contribution < 1.29 is 4.79 Å². The summed E-state index contributed by atoms with van der Waals surface area (Å²) in [7, 11) is 1.95. The molecule has 2 heterocycles. The molecule has 0 bridgehead atoms. The molecule has 6 nitrogen and oxygen atoms in total. The summed E-state index contributed by atoms with van der Waals surface area (Å²) in [5.74, 6) is -0.0886. The zero-order valence-electron chi connectivity index (χ0n) is 15.1. The fourth-order valence-electron chi connectivity index (χ4n) is 3.12. The zero-order chi connectivity index (χ0) is 19.0. The van der Waals surface area contributed by atoms with E-state index in [1.54, 1.807) is 29.5 Å². The van der Waals surface area contributed by atoms with Crippen molar-refractivity contribution >= 4 is 44.1 Å². The van der Waals surface area contributed by atoms with Gasteiger partial charge in [0.2, 0.25) is 5.91 Å². The molecular formula is C20H20N4O2S. The first-order chi connectivity index (χ1) is 13.0. The highest BCUT2D eigenvalue weighted by Crippen LogP contribution is 2.27. The van der Waals surface area contributed by atoms with Gasteiger partial charge in [-0.1, -0.05) is 18.2 Å². The summed E-state index contributed by atoms with van der Waals surface area (Å²) in [6, 6.07) is 13.3. The lowest BCUT2D eigenvalue weighted by Gasteiger charge is -2.23. The number of carbonyl (C=O) groups is 1. The van der Waals surface area contributed by atoms with Crippen molar-refractivity contribution in [1.82, 2.24) is 14.9 Å². The SMILES string of the molecule is CC(C(=O)Nc1ccc2[nH]c(=O)[nH]c2c1)N(C)Cc1csc2ccccc12. The molecule has 138 valence electrons. The van der Waals surface area contributed by atoms with E-state index in [0.29, 0.717) is 23.3 Å². The summed E-state index contributed by atoms with van der Waals surface area (Å²) >= 11 is 1.72. The van der Waals surface area contributed by atoms with Crippen LogP contribution < -0.4 is 11.0 Å². The number of nitrogens with one attached hydrogen (secondary N) is 3. The molecule has 0 radical (unpaired) electrons. The predicted molar refractivity (Wildman–Crippen MR) is 110 cm³/mol. The number of anilines is 1. The Morgan fingerprint density at radius 3 is 2.81 bits per heavy atom. The smallest absolute Gasteiger partial charge is 0.323 e. The van der Waals surface area contributed by atoms with E-state index in [-0.39, 0.29) is 17.6 Å². The molecule has 2 aromatic carbocycles. The molecule has 7 heteroatoms. The number of aromatic amines is 2. The number of aromatic nitrogens is 2. The highest BCUT2D eigenvalue weighted by Gasteiger charge is 2.19. The Bertz CT molecular complexity index is 1170. The third-order valence-electron chi connectivity index (χ3n) is 4.81. The summed E-state index contributed by atoms with van der Waals surface area (Å²) in [4.78, 5) is 31.4. The number of likely N-dealkylation sites (N-methyl/N-ethyl adjacent to an activating group) is 1. The average Bonchev–Trinajstić information content (AvgIpc) is 3.23. The van der Waals surface area contributed by atoms with Crippen molar-refractivity contribution in [3.8, 4) is 0 Å². The van der Waals surface area contributed by atoms with Crippen LogP contribution in [0.3, 0.4) is 0 Å². The number of rotatable bonds is 5. The van der Waals surface area contributed by atoms with Crippen molar-refractivity contribution in [3.05, 3.63) is 63.9 Å². The molecule has 0 aliphatic heterocycles. The Morgan fingerprint density at radius 1 is 1.19 bits per heavy atom. The zero-order valence-corrected chi connectivity index (χ0v) is 15.9. The Kier molecular flexibility index (Phi) is 4.55. The number of benzene rings is 2. The van der Waals surface area contributed by atoms with Crippen LogP contribution in [0, 0.1) is 0 Å². The van der Waals surface area contributed by atoms with Gasteiger partial charge >= 0.3 is 5.69 Å². The maximum absolute atomic E-state index is 12.7. The van der Waals surface area contributed by atoms with Crippen LogP contribution in [-0.2, 0) is 11.3 Å². The van der Waals surface area contributed by atoms with Gasteiger partial charge in [-0.05, 0) is 54.6 Å². The lowest BCUT2D eigenvalue weighted by atomic mass is 10.1. The number of nitrogens with zero attached hydrogens (tertiary/aromatic N) is 1. The molecule has 0 saturated heterocycles. The second-order valence-corrected chi connectivity index (χ2v) is 7.59. The minimum atomic E-state index is -0.301. The summed E-state index contributed by atoms with van der Waals surface area (Å²) < 4.78 is 1.26. The molecule has 1 atom stereocenters. The second kappa shape index (κ2) is 7.02. The van der Waals surface area contributed by atoms with E-state index in [1.807, 2.05) is 31.0 Å². The van der Waals surface area contributed by atoms with E-state index in [9.17, 15) is 9.59 Å². The first-order valence-corrected chi connectivity index (χ1v) is 9.57. The van der Waals surface area contributed by atoms with Gasteiger partial charge in [0.15, 0.2) is 0 Å². The minimum absolute atomic E-state index is 0.0886. The Hall–Kier alpha value is -2.90. The normalized spacial score (nSPS) is 12.7. The van der Waals surface area contributed by atoms with Crippen LogP contribution in [0.5, 0.6) is 0 Å². The van der Waals surface area contributed by atoms with E-state index in [1.165, 1.54) is 15.6 Å². The van der Waals surface area contributed by atoms with Gasteiger partial charge < -0.3 is 15.3 Å². The van der Waals surface area contributed by atoms with Crippen LogP contribution >= 0.6 is 11.3 Å². The third-order valence-corrected chi connectivity index (χ3v) is 5.82. The lowest BCUT2D eigenvalue weighted by Crippen LogP contribution is -2.39. The first-order valence-electron chi connectivity index (χ1n) is 8.69. The van der Waals surface area contributed by atoms with Crippen LogP contribution in [0.2, 0.25) is 0 Å². The molecular weight excluding hydrogens is 360 g/mol. The maximum atomic E-state index is 12.7. The van der Waals surface area contributed by atoms with Gasteiger partial charge in [0.1, 0.15) is 0 Å². The molecule has 3 N–H and O–H groups in total. The molecule has 0 saturated carbocycles. The fraction of sp³-hybridized carbons (Fsp3) is 0.200. The number of H-pyrrole nitrogens is 2. The van der Waals surface area contributed by atoms with Gasteiger partial charge in [-0.3, -0.25) is 9.69 Å². The van der Waals surface area contributed by atoms with E-state index in [0.717, 1.165) is 0 Å². The minimum Gasteiger partial charge on any atom is -0.325 e. The van der Waals surface area contributed by atoms with E-state index in [2.05, 4.69) is 32.8 Å². The number of carbonyl (C=O) groups excluding carboxylic acids is 1. The Morgan fingerprint density at radius 2 is 1.96 bits per heavy atom. The third kappa shape index (κ3) is 3.51. The second-order valence-electron chi connectivity index (χ2n) is 6.68.